The van der Waals surface area contributed by atoms with Crippen molar-refractivity contribution in [3.05, 3.63) is 65.2 Å². The predicted octanol–water partition coefficient (Wildman–Crippen LogP) is 4.40. The van der Waals surface area contributed by atoms with E-state index < -0.39 is 10.0 Å². The standard InChI is InChI=1S/C18H20BrNO3S/c1-4-12-20(15-8-6-14(5-2)7-9-15)24(21,22)16-10-11-18(23-3)17(19)13-16/h4,6-11,13H,1,5,12H2,2-3H3. The molecule has 0 aliphatic heterocycles. The van der Waals surface area contributed by atoms with Crippen LogP contribution in [-0.4, -0.2) is 22.1 Å². The lowest BCUT2D eigenvalue weighted by Gasteiger charge is -2.23. The van der Waals surface area contributed by atoms with Crippen molar-refractivity contribution in [1.29, 1.82) is 0 Å². The summed E-state index contributed by atoms with van der Waals surface area (Å²) in [4.78, 5) is 0.191. The van der Waals surface area contributed by atoms with Crippen LogP contribution in [0.3, 0.4) is 0 Å². The van der Waals surface area contributed by atoms with Gasteiger partial charge in [-0.1, -0.05) is 25.1 Å². The number of nitrogens with zero attached hydrogens (tertiary/aromatic N) is 1. The number of methoxy groups -OCH3 is 1. The Hall–Kier alpha value is -1.79. The Bertz CT molecular complexity index is 817. The van der Waals surface area contributed by atoms with Gasteiger partial charge in [-0.25, -0.2) is 8.42 Å². The molecule has 0 saturated heterocycles. The molecule has 0 fully saturated rings. The summed E-state index contributed by atoms with van der Waals surface area (Å²) in [6, 6.07) is 12.2. The van der Waals surface area contributed by atoms with Crippen LogP contribution in [0.4, 0.5) is 5.69 Å². The van der Waals surface area contributed by atoms with Crippen LogP contribution in [0.15, 0.2) is 64.5 Å². The van der Waals surface area contributed by atoms with Crippen LogP contribution in [0.5, 0.6) is 5.75 Å². The zero-order valence-corrected chi connectivity index (χ0v) is 16.1. The summed E-state index contributed by atoms with van der Waals surface area (Å²) in [7, 11) is -2.17. The maximum atomic E-state index is 13.0. The maximum Gasteiger partial charge on any atom is 0.264 e. The Morgan fingerprint density at radius 3 is 2.38 bits per heavy atom. The van der Waals surface area contributed by atoms with Gasteiger partial charge >= 0.3 is 0 Å². The van der Waals surface area contributed by atoms with E-state index in [9.17, 15) is 8.42 Å². The topological polar surface area (TPSA) is 46.6 Å². The molecule has 2 aromatic rings. The molecular formula is C18H20BrNO3S. The van der Waals surface area contributed by atoms with Crippen molar-refractivity contribution >= 4 is 31.6 Å². The van der Waals surface area contributed by atoms with E-state index in [1.807, 2.05) is 24.3 Å². The molecule has 0 unspecified atom stereocenters. The molecule has 0 bridgehead atoms. The highest BCUT2D eigenvalue weighted by Crippen LogP contribution is 2.30. The molecule has 0 aliphatic rings. The van der Waals surface area contributed by atoms with Gasteiger partial charge in [-0.15, -0.1) is 6.58 Å². The Labute approximate surface area is 151 Å². The van der Waals surface area contributed by atoms with Crippen molar-refractivity contribution in [3.63, 3.8) is 0 Å². The van der Waals surface area contributed by atoms with Gasteiger partial charge in [0.2, 0.25) is 0 Å². The highest BCUT2D eigenvalue weighted by atomic mass is 79.9. The molecule has 0 spiro atoms. The minimum absolute atomic E-state index is 0.191. The minimum atomic E-state index is -3.71. The molecule has 2 aromatic carbocycles. The van der Waals surface area contributed by atoms with Gasteiger partial charge < -0.3 is 4.74 Å². The van der Waals surface area contributed by atoms with Crippen LogP contribution in [0.2, 0.25) is 0 Å². The van der Waals surface area contributed by atoms with Crippen molar-refractivity contribution in [2.45, 2.75) is 18.2 Å². The van der Waals surface area contributed by atoms with Gasteiger partial charge in [0.25, 0.3) is 10.0 Å². The van der Waals surface area contributed by atoms with E-state index in [1.165, 1.54) is 17.5 Å². The first kappa shape index (κ1) is 18.5. The van der Waals surface area contributed by atoms with Gasteiger partial charge in [0.05, 0.1) is 28.7 Å². The third kappa shape index (κ3) is 3.82. The molecule has 2 rings (SSSR count). The van der Waals surface area contributed by atoms with Gasteiger partial charge in [0.15, 0.2) is 0 Å². The van der Waals surface area contributed by atoms with Crippen molar-refractivity contribution in [2.75, 3.05) is 18.0 Å². The summed E-state index contributed by atoms with van der Waals surface area (Å²) in [5.74, 6) is 0.580. The number of hydrogen-bond acceptors (Lipinski definition) is 3. The summed E-state index contributed by atoms with van der Waals surface area (Å²) in [5.41, 5.74) is 1.76. The third-order valence-electron chi connectivity index (χ3n) is 3.64. The number of benzene rings is 2. The highest BCUT2D eigenvalue weighted by molar-refractivity contribution is 9.10. The number of hydrogen-bond donors (Lipinski definition) is 0. The fraction of sp³-hybridized carbons (Fsp3) is 0.222. The number of anilines is 1. The molecule has 0 aromatic heterocycles. The van der Waals surface area contributed by atoms with E-state index in [0.29, 0.717) is 15.9 Å². The normalized spacial score (nSPS) is 11.1. The Balaban J connectivity index is 2.48. The molecule has 0 saturated carbocycles. The van der Waals surface area contributed by atoms with Crippen LogP contribution in [0.25, 0.3) is 0 Å². The Morgan fingerprint density at radius 1 is 1.21 bits per heavy atom. The van der Waals surface area contributed by atoms with E-state index in [-0.39, 0.29) is 11.4 Å². The molecule has 0 aliphatic carbocycles. The average molecular weight is 410 g/mol. The van der Waals surface area contributed by atoms with Crippen LogP contribution >= 0.6 is 15.9 Å². The van der Waals surface area contributed by atoms with Crippen LogP contribution < -0.4 is 9.04 Å². The number of aryl methyl sites for hydroxylation is 1. The summed E-state index contributed by atoms with van der Waals surface area (Å²) >= 11 is 3.33. The van der Waals surface area contributed by atoms with E-state index >= 15 is 0 Å². The molecule has 0 N–H and O–H groups in total. The Kier molecular flexibility index (Phi) is 6.07. The first-order valence-corrected chi connectivity index (χ1v) is 9.73. The highest BCUT2D eigenvalue weighted by Gasteiger charge is 2.24. The van der Waals surface area contributed by atoms with Gasteiger partial charge in [0.1, 0.15) is 5.75 Å². The minimum Gasteiger partial charge on any atom is -0.496 e. The van der Waals surface area contributed by atoms with Crippen LogP contribution in [0.1, 0.15) is 12.5 Å². The van der Waals surface area contributed by atoms with Crippen LogP contribution in [-0.2, 0) is 16.4 Å². The van der Waals surface area contributed by atoms with Gasteiger partial charge in [-0.05, 0) is 58.2 Å². The quantitative estimate of drug-likeness (QED) is 0.636. The molecular weight excluding hydrogens is 390 g/mol. The van der Waals surface area contributed by atoms with E-state index in [4.69, 9.17) is 4.74 Å². The predicted molar refractivity (Wildman–Crippen MR) is 101 cm³/mol. The van der Waals surface area contributed by atoms with Gasteiger partial charge in [-0.2, -0.15) is 0 Å². The summed E-state index contributed by atoms with van der Waals surface area (Å²) in [5, 5.41) is 0. The second-order valence-corrected chi connectivity index (χ2v) is 7.86. The largest absolute Gasteiger partial charge is 0.496 e. The maximum absolute atomic E-state index is 13.0. The Morgan fingerprint density at radius 2 is 1.88 bits per heavy atom. The third-order valence-corrected chi connectivity index (χ3v) is 6.05. The fourth-order valence-corrected chi connectivity index (χ4v) is 4.45. The molecule has 0 atom stereocenters. The molecule has 128 valence electrons. The first-order chi connectivity index (χ1) is 11.4. The second-order valence-electron chi connectivity index (χ2n) is 5.14. The molecule has 0 amide bonds. The number of sulfonamides is 1. The molecule has 0 radical (unpaired) electrons. The van der Waals surface area contributed by atoms with E-state index in [2.05, 4.69) is 29.4 Å². The molecule has 24 heavy (non-hydrogen) atoms. The van der Waals surface area contributed by atoms with Crippen molar-refractivity contribution < 1.29 is 13.2 Å². The zero-order valence-electron chi connectivity index (χ0n) is 13.7. The van der Waals surface area contributed by atoms with Crippen molar-refractivity contribution in [1.82, 2.24) is 0 Å². The first-order valence-electron chi connectivity index (χ1n) is 7.50. The smallest absolute Gasteiger partial charge is 0.264 e. The van der Waals surface area contributed by atoms with Crippen molar-refractivity contribution in [2.24, 2.45) is 0 Å². The van der Waals surface area contributed by atoms with Crippen molar-refractivity contribution in [3.8, 4) is 5.75 Å². The lowest BCUT2D eigenvalue weighted by molar-refractivity contribution is 0.411. The lowest BCUT2D eigenvalue weighted by atomic mass is 10.1. The summed E-state index contributed by atoms with van der Waals surface area (Å²) < 4.78 is 33.2. The fourth-order valence-electron chi connectivity index (χ4n) is 2.29. The van der Waals surface area contributed by atoms with Gasteiger partial charge in [0, 0.05) is 0 Å². The summed E-state index contributed by atoms with van der Waals surface area (Å²) in [6.45, 7) is 5.93. The number of halogens is 1. The van der Waals surface area contributed by atoms with Gasteiger partial charge in [-0.3, -0.25) is 4.31 Å². The van der Waals surface area contributed by atoms with E-state index in [1.54, 1.807) is 18.2 Å². The number of ether oxygens (including phenoxy) is 1. The molecule has 6 heteroatoms. The lowest BCUT2D eigenvalue weighted by Crippen LogP contribution is -2.31. The second kappa shape index (κ2) is 7.85. The zero-order chi connectivity index (χ0) is 17.7. The number of rotatable bonds is 7. The molecule has 0 heterocycles. The SMILES string of the molecule is C=CCN(c1ccc(CC)cc1)S(=O)(=O)c1ccc(OC)c(Br)c1. The monoisotopic (exact) mass is 409 g/mol. The average Bonchev–Trinajstić information content (AvgIpc) is 2.59. The summed E-state index contributed by atoms with van der Waals surface area (Å²) in [6.07, 6.45) is 2.48. The van der Waals surface area contributed by atoms with E-state index in [0.717, 1.165) is 12.0 Å². The van der Waals surface area contributed by atoms with Crippen LogP contribution in [0, 0.1) is 0 Å². The molecule has 4 nitrogen and oxygen atoms in total.